The van der Waals surface area contributed by atoms with Gasteiger partial charge in [0.25, 0.3) is 0 Å². The Morgan fingerprint density at radius 2 is 0.815 bits per heavy atom. The van der Waals surface area contributed by atoms with Gasteiger partial charge in [-0.3, -0.25) is 0 Å². The molecule has 54 heavy (non-hydrogen) atoms. The van der Waals surface area contributed by atoms with Crippen LogP contribution in [0.2, 0.25) is 0 Å². The van der Waals surface area contributed by atoms with Crippen LogP contribution in [0, 0.1) is 0 Å². The Morgan fingerprint density at radius 3 is 1.56 bits per heavy atom. The van der Waals surface area contributed by atoms with Crippen molar-refractivity contribution in [1.82, 2.24) is 0 Å². The van der Waals surface area contributed by atoms with Crippen molar-refractivity contribution in [2.45, 2.75) is 19.3 Å². The lowest BCUT2D eigenvalue weighted by atomic mass is 9.82. The van der Waals surface area contributed by atoms with Gasteiger partial charge in [0, 0.05) is 22.5 Å². The van der Waals surface area contributed by atoms with Gasteiger partial charge < -0.3 is 4.90 Å². The maximum absolute atomic E-state index is 2.39. The monoisotopic (exact) mass is 689 g/mol. The minimum absolute atomic E-state index is 0.0464. The summed E-state index contributed by atoms with van der Waals surface area (Å²) >= 11 is 0. The van der Waals surface area contributed by atoms with Crippen molar-refractivity contribution in [3.63, 3.8) is 0 Å². The van der Waals surface area contributed by atoms with E-state index in [0.29, 0.717) is 0 Å². The molecule has 1 nitrogen and oxygen atoms in total. The lowest BCUT2D eigenvalue weighted by molar-refractivity contribution is 0.660. The first-order valence-electron chi connectivity index (χ1n) is 18.8. The Morgan fingerprint density at radius 1 is 0.315 bits per heavy atom. The maximum atomic E-state index is 2.39. The van der Waals surface area contributed by atoms with Gasteiger partial charge in [0.05, 0.1) is 0 Å². The molecule has 0 fully saturated rings. The van der Waals surface area contributed by atoms with Crippen LogP contribution in [0.25, 0.3) is 66.1 Å². The normalized spacial score (nSPS) is 12.8. The van der Waals surface area contributed by atoms with E-state index in [1.807, 2.05) is 0 Å². The molecule has 1 heteroatoms. The molecule has 0 spiro atoms. The number of benzene rings is 9. The summed E-state index contributed by atoms with van der Waals surface area (Å²) in [6, 6.07) is 73.4. The minimum Gasteiger partial charge on any atom is -0.310 e. The average molecular weight is 690 g/mol. The number of anilines is 3. The maximum Gasteiger partial charge on any atom is 0.0468 e. The second-order valence-electron chi connectivity index (χ2n) is 15.0. The van der Waals surface area contributed by atoms with Gasteiger partial charge in [-0.25, -0.2) is 0 Å². The molecule has 256 valence electrons. The predicted molar refractivity (Wildman–Crippen MR) is 230 cm³/mol. The lowest BCUT2D eigenvalue weighted by Crippen LogP contribution is -2.14. The first kappa shape index (κ1) is 32.0. The summed E-state index contributed by atoms with van der Waals surface area (Å²) in [5.74, 6) is 0. The zero-order valence-corrected chi connectivity index (χ0v) is 30.5. The van der Waals surface area contributed by atoms with E-state index < -0.39 is 0 Å². The van der Waals surface area contributed by atoms with E-state index in [1.165, 1.54) is 77.2 Å². The molecule has 0 bridgehead atoms. The van der Waals surface area contributed by atoms with Crippen LogP contribution in [-0.2, 0) is 5.41 Å². The van der Waals surface area contributed by atoms with Crippen LogP contribution < -0.4 is 4.90 Å². The highest BCUT2D eigenvalue weighted by Crippen LogP contribution is 2.52. The molecule has 0 heterocycles. The Bertz CT molecular complexity index is 2840. The number of nitrogens with zero attached hydrogens (tertiary/aromatic N) is 1. The summed E-state index contributed by atoms with van der Waals surface area (Å²) in [5.41, 5.74) is 16.1. The minimum atomic E-state index is -0.0464. The molecule has 9 aromatic carbocycles. The van der Waals surface area contributed by atoms with E-state index in [9.17, 15) is 0 Å². The molecule has 1 aliphatic carbocycles. The van der Waals surface area contributed by atoms with Gasteiger partial charge in [-0.1, -0.05) is 172 Å². The van der Waals surface area contributed by atoms with Crippen molar-refractivity contribution >= 4 is 38.6 Å². The summed E-state index contributed by atoms with van der Waals surface area (Å²) < 4.78 is 0. The molecule has 10 rings (SSSR count). The highest BCUT2D eigenvalue weighted by Gasteiger charge is 2.36. The standard InChI is InChI=1S/C53H39N/c1-53(2)50-19-8-7-17-49(50)52-48(18-10-20-51(52)53)44-15-9-16-46(35-44)54(47-32-29-37-12-4-6-14-42(37)34-47)45-30-27-39(28-31-45)38-21-23-40(24-22-38)43-26-25-36-11-3-5-13-41(36)33-43/h3-35H,1-2H3. The molecule has 0 saturated carbocycles. The topological polar surface area (TPSA) is 3.24 Å². The van der Waals surface area contributed by atoms with Crippen LogP contribution in [0.1, 0.15) is 25.0 Å². The Labute approximate surface area is 317 Å². The highest BCUT2D eigenvalue weighted by molar-refractivity contribution is 5.95. The fraction of sp³-hybridized carbons (Fsp3) is 0.0566. The van der Waals surface area contributed by atoms with Gasteiger partial charge in [-0.15, -0.1) is 0 Å². The summed E-state index contributed by atoms with van der Waals surface area (Å²) in [5, 5.41) is 4.98. The molecule has 0 saturated heterocycles. The van der Waals surface area contributed by atoms with Crippen molar-refractivity contribution in [3.05, 3.63) is 211 Å². The number of fused-ring (bicyclic) bond motifs is 5. The number of rotatable bonds is 6. The fourth-order valence-corrected chi connectivity index (χ4v) is 8.60. The average Bonchev–Trinajstić information content (AvgIpc) is 3.47. The van der Waals surface area contributed by atoms with Crippen LogP contribution >= 0.6 is 0 Å². The van der Waals surface area contributed by atoms with E-state index in [0.717, 1.165) is 17.1 Å². The van der Waals surface area contributed by atoms with Crippen LogP contribution in [0.3, 0.4) is 0 Å². The van der Waals surface area contributed by atoms with Gasteiger partial charge in [0.1, 0.15) is 0 Å². The largest absolute Gasteiger partial charge is 0.310 e. The van der Waals surface area contributed by atoms with Gasteiger partial charge in [0.2, 0.25) is 0 Å². The second-order valence-corrected chi connectivity index (χ2v) is 15.0. The third-order valence-electron chi connectivity index (χ3n) is 11.4. The van der Waals surface area contributed by atoms with Crippen LogP contribution in [0.5, 0.6) is 0 Å². The molecular formula is C53H39N. The smallest absolute Gasteiger partial charge is 0.0468 e. The zero-order chi connectivity index (χ0) is 36.2. The first-order chi connectivity index (χ1) is 26.5. The van der Waals surface area contributed by atoms with E-state index in [2.05, 4.69) is 219 Å². The summed E-state index contributed by atoms with van der Waals surface area (Å²) in [6.07, 6.45) is 0. The molecule has 0 amide bonds. The van der Waals surface area contributed by atoms with Crippen molar-refractivity contribution in [2.75, 3.05) is 4.90 Å². The van der Waals surface area contributed by atoms with Crippen molar-refractivity contribution in [1.29, 1.82) is 0 Å². The number of hydrogen-bond acceptors (Lipinski definition) is 1. The summed E-state index contributed by atoms with van der Waals surface area (Å²) in [7, 11) is 0. The molecular weight excluding hydrogens is 651 g/mol. The third-order valence-corrected chi connectivity index (χ3v) is 11.4. The molecule has 0 aromatic heterocycles. The van der Waals surface area contributed by atoms with Gasteiger partial charge >= 0.3 is 0 Å². The van der Waals surface area contributed by atoms with Crippen LogP contribution in [0.4, 0.5) is 17.1 Å². The van der Waals surface area contributed by atoms with Crippen LogP contribution in [-0.4, -0.2) is 0 Å². The summed E-state index contributed by atoms with van der Waals surface area (Å²) in [6.45, 7) is 4.70. The van der Waals surface area contributed by atoms with E-state index in [1.54, 1.807) is 0 Å². The first-order valence-corrected chi connectivity index (χ1v) is 18.8. The Kier molecular flexibility index (Phi) is 7.56. The predicted octanol–water partition coefficient (Wildman–Crippen LogP) is 14.8. The molecule has 0 radical (unpaired) electrons. The lowest BCUT2D eigenvalue weighted by Gasteiger charge is -2.27. The number of hydrogen-bond donors (Lipinski definition) is 0. The van der Waals surface area contributed by atoms with Gasteiger partial charge in [0.15, 0.2) is 0 Å². The molecule has 0 N–H and O–H groups in total. The van der Waals surface area contributed by atoms with Crippen LogP contribution in [0.15, 0.2) is 200 Å². The van der Waals surface area contributed by atoms with E-state index in [-0.39, 0.29) is 5.41 Å². The SMILES string of the molecule is CC1(C)c2ccccc2-c2c(-c3cccc(N(c4ccc(-c5ccc(-c6ccc7ccccc7c6)cc5)cc4)c4ccc5ccccc5c4)c3)cccc21. The second kappa shape index (κ2) is 12.8. The third kappa shape index (κ3) is 5.40. The molecule has 0 atom stereocenters. The van der Waals surface area contributed by atoms with Crippen molar-refractivity contribution in [2.24, 2.45) is 0 Å². The zero-order valence-electron chi connectivity index (χ0n) is 30.5. The molecule has 9 aromatic rings. The van der Waals surface area contributed by atoms with Gasteiger partial charge in [-0.05, 0) is 120 Å². The molecule has 0 aliphatic heterocycles. The molecule has 0 unspecified atom stereocenters. The van der Waals surface area contributed by atoms with Gasteiger partial charge in [-0.2, -0.15) is 0 Å². The van der Waals surface area contributed by atoms with E-state index in [4.69, 9.17) is 0 Å². The van der Waals surface area contributed by atoms with E-state index >= 15 is 0 Å². The van der Waals surface area contributed by atoms with Crippen molar-refractivity contribution < 1.29 is 0 Å². The Hall–Kier alpha value is -6.70. The highest BCUT2D eigenvalue weighted by atomic mass is 15.1. The fourth-order valence-electron chi connectivity index (χ4n) is 8.60. The van der Waals surface area contributed by atoms with Crippen molar-refractivity contribution in [3.8, 4) is 44.5 Å². The summed E-state index contributed by atoms with van der Waals surface area (Å²) in [4.78, 5) is 2.39. The Balaban J connectivity index is 1.04. The molecule has 1 aliphatic rings. The quantitative estimate of drug-likeness (QED) is 0.168.